The summed E-state index contributed by atoms with van der Waals surface area (Å²) in [6.07, 6.45) is 2.35. The molecule has 0 saturated carbocycles. The molecule has 2 aliphatic rings. The van der Waals surface area contributed by atoms with Gasteiger partial charge in [0.2, 0.25) is 5.91 Å². The highest BCUT2D eigenvalue weighted by Crippen LogP contribution is 2.20. The number of hydrogen-bond donors (Lipinski definition) is 2. The second-order valence-electron chi connectivity index (χ2n) is 6.61. The molecule has 2 saturated heterocycles. The van der Waals surface area contributed by atoms with Gasteiger partial charge in [0.25, 0.3) is 5.91 Å². The second-order valence-corrected chi connectivity index (χ2v) is 6.61. The van der Waals surface area contributed by atoms with Gasteiger partial charge in [-0.25, -0.2) is 4.39 Å². The van der Waals surface area contributed by atoms with E-state index in [-0.39, 0.29) is 29.5 Å². The quantitative estimate of drug-likeness (QED) is 0.851. The van der Waals surface area contributed by atoms with Crippen LogP contribution in [0.15, 0.2) is 24.3 Å². The molecule has 0 aromatic heterocycles. The molecule has 0 radical (unpaired) electrons. The highest BCUT2D eigenvalue weighted by atomic mass is 19.1. The number of rotatable bonds is 4. The molecule has 1 aromatic carbocycles. The minimum absolute atomic E-state index is 0.0118. The van der Waals surface area contributed by atoms with Crippen LogP contribution in [-0.2, 0) is 9.53 Å². The maximum Gasteiger partial charge on any atom is 0.256 e. The van der Waals surface area contributed by atoms with E-state index in [1.165, 1.54) is 12.1 Å². The van der Waals surface area contributed by atoms with E-state index < -0.39 is 11.9 Å². The number of halogens is 1. The zero-order chi connectivity index (χ0) is 17.8. The van der Waals surface area contributed by atoms with Crippen LogP contribution in [-0.4, -0.2) is 54.6 Å². The van der Waals surface area contributed by atoms with Crippen molar-refractivity contribution in [2.75, 3.05) is 19.6 Å². The summed E-state index contributed by atoms with van der Waals surface area (Å²) in [5.74, 6) is -0.904. The number of hydrogen-bond acceptors (Lipinski definition) is 4. The van der Waals surface area contributed by atoms with Crippen molar-refractivity contribution in [1.29, 1.82) is 0 Å². The molecule has 1 aromatic rings. The second kappa shape index (κ2) is 7.93. The SMILES string of the molecule is NC[C@H]1CC[C@@H](C(=O)NC2CCN(C(=O)c3ccccc3F)CC2)O1. The number of carbonyl (C=O) groups is 2. The van der Waals surface area contributed by atoms with Crippen molar-refractivity contribution in [3.05, 3.63) is 35.6 Å². The third kappa shape index (κ3) is 4.16. The molecular formula is C18H24FN3O3. The molecule has 2 aliphatic heterocycles. The fraction of sp³-hybridized carbons (Fsp3) is 0.556. The van der Waals surface area contributed by atoms with Gasteiger partial charge in [0.15, 0.2) is 0 Å². The van der Waals surface area contributed by atoms with E-state index in [0.717, 1.165) is 6.42 Å². The number of nitrogens with zero attached hydrogens (tertiary/aromatic N) is 1. The summed E-state index contributed by atoms with van der Waals surface area (Å²) in [6, 6.07) is 6.01. The first-order valence-electron chi connectivity index (χ1n) is 8.78. The topological polar surface area (TPSA) is 84.7 Å². The Morgan fingerprint density at radius 3 is 2.56 bits per heavy atom. The number of benzene rings is 1. The summed E-state index contributed by atoms with van der Waals surface area (Å²) in [6.45, 7) is 1.42. The van der Waals surface area contributed by atoms with Gasteiger partial charge in [-0.15, -0.1) is 0 Å². The number of amides is 2. The number of likely N-dealkylation sites (tertiary alicyclic amines) is 1. The molecule has 25 heavy (non-hydrogen) atoms. The Hall–Kier alpha value is -1.99. The van der Waals surface area contributed by atoms with Gasteiger partial charge in [0.05, 0.1) is 11.7 Å². The molecule has 2 amide bonds. The lowest BCUT2D eigenvalue weighted by Gasteiger charge is -2.33. The van der Waals surface area contributed by atoms with Crippen molar-refractivity contribution >= 4 is 11.8 Å². The molecule has 0 unspecified atom stereocenters. The predicted octanol–water partition coefficient (Wildman–Crippen LogP) is 1.05. The normalized spacial score (nSPS) is 24.3. The highest BCUT2D eigenvalue weighted by Gasteiger charge is 2.32. The summed E-state index contributed by atoms with van der Waals surface area (Å²) < 4.78 is 19.4. The molecule has 0 aliphatic carbocycles. The molecule has 3 N–H and O–H groups in total. The highest BCUT2D eigenvalue weighted by molar-refractivity contribution is 5.94. The van der Waals surface area contributed by atoms with E-state index in [2.05, 4.69) is 5.32 Å². The van der Waals surface area contributed by atoms with Crippen molar-refractivity contribution < 1.29 is 18.7 Å². The first kappa shape index (κ1) is 17.8. The van der Waals surface area contributed by atoms with E-state index in [4.69, 9.17) is 10.5 Å². The van der Waals surface area contributed by atoms with Gasteiger partial charge in [-0.3, -0.25) is 9.59 Å². The molecule has 7 heteroatoms. The van der Waals surface area contributed by atoms with Crippen LogP contribution in [0.1, 0.15) is 36.0 Å². The molecule has 3 rings (SSSR count). The van der Waals surface area contributed by atoms with Crippen LogP contribution >= 0.6 is 0 Å². The molecule has 0 spiro atoms. The van der Waals surface area contributed by atoms with Crippen molar-refractivity contribution in [2.24, 2.45) is 5.73 Å². The lowest BCUT2D eigenvalue weighted by molar-refractivity contribution is -0.132. The van der Waals surface area contributed by atoms with Gasteiger partial charge in [-0.1, -0.05) is 12.1 Å². The number of ether oxygens (including phenoxy) is 1. The van der Waals surface area contributed by atoms with Crippen molar-refractivity contribution in [2.45, 2.75) is 43.9 Å². The summed E-state index contributed by atoms with van der Waals surface area (Å²) in [7, 11) is 0. The lowest BCUT2D eigenvalue weighted by Crippen LogP contribution is -2.49. The van der Waals surface area contributed by atoms with Crippen LogP contribution in [0.5, 0.6) is 0 Å². The first-order valence-corrected chi connectivity index (χ1v) is 8.78. The maximum atomic E-state index is 13.7. The summed E-state index contributed by atoms with van der Waals surface area (Å²) in [4.78, 5) is 26.3. The van der Waals surface area contributed by atoms with Crippen LogP contribution in [0.3, 0.4) is 0 Å². The Bertz CT molecular complexity index is 632. The minimum Gasteiger partial charge on any atom is -0.364 e. The van der Waals surface area contributed by atoms with E-state index in [0.29, 0.717) is 38.9 Å². The number of nitrogens with two attached hydrogens (primary N) is 1. The standard InChI is InChI=1S/C18H24FN3O3/c19-15-4-2-1-3-14(15)18(24)22-9-7-12(8-10-22)21-17(23)16-6-5-13(11-20)25-16/h1-4,12-13,16H,5-11,20H2,(H,21,23)/t13-,16+/m1/s1. The molecular weight excluding hydrogens is 325 g/mol. The fourth-order valence-corrected chi connectivity index (χ4v) is 3.40. The molecule has 6 nitrogen and oxygen atoms in total. The van der Waals surface area contributed by atoms with E-state index >= 15 is 0 Å². The number of carbonyl (C=O) groups excluding carboxylic acids is 2. The zero-order valence-electron chi connectivity index (χ0n) is 14.1. The molecule has 136 valence electrons. The Morgan fingerprint density at radius 2 is 1.92 bits per heavy atom. The van der Waals surface area contributed by atoms with E-state index in [9.17, 15) is 14.0 Å². The van der Waals surface area contributed by atoms with Crippen molar-refractivity contribution in [3.63, 3.8) is 0 Å². The fourth-order valence-electron chi connectivity index (χ4n) is 3.40. The average Bonchev–Trinajstić information content (AvgIpc) is 3.11. The summed E-state index contributed by atoms with van der Waals surface area (Å²) >= 11 is 0. The van der Waals surface area contributed by atoms with Gasteiger partial charge < -0.3 is 20.7 Å². The van der Waals surface area contributed by atoms with Crippen LogP contribution in [0.4, 0.5) is 4.39 Å². The molecule has 2 fully saturated rings. The van der Waals surface area contributed by atoms with Gasteiger partial charge in [-0.05, 0) is 37.8 Å². The summed E-state index contributed by atoms with van der Waals surface area (Å²) in [5, 5.41) is 3.00. The van der Waals surface area contributed by atoms with Crippen LogP contribution in [0.2, 0.25) is 0 Å². The minimum atomic E-state index is -0.504. The molecule has 2 atom stereocenters. The van der Waals surface area contributed by atoms with E-state index in [1.807, 2.05) is 0 Å². The van der Waals surface area contributed by atoms with Gasteiger partial charge in [-0.2, -0.15) is 0 Å². The zero-order valence-corrected chi connectivity index (χ0v) is 14.1. The van der Waals surface area contributed by atoms with Crippen LogP contribution in [0, 0.1) is 5.82 Å². The van der Waals surface area contributed by atoms with Gasteiger partial charge in [0.1, 0.15) is 11.9 Å². The largest absolute Gasteiger partial charge is 0.364 e. The maximum absolute atomic E-state index is 13.7. The third-order valence-corrected chi connectivity index (χ3v) is 4.90. The van der Waals surface area contributed by atoms with Crippen molar-refractivity contribution in [3.8, 4) is 0 Å². The van der Waals surface area contributed by atoms with Crippen LogP contribution < -0.4 is 11.1 Å². The van der Waals surface area contributed by atoms with Crippen LogP contribution in [0.25, 0.3) is 0 Å². The number of nitrogens with one attached hydrogen (secondary N) is 1. The number of piperidine rings is 1. The van der Waals surface area contributed by atoms with Gasteiger partial charge in [0, 0.05) is 25.7 Å². The Balaban J connectivity index is 1.48. The predicted molar refractivity (Wildman–Crippen MR) is 90.4 cm³/mol. The smallest absolute Gasteiger partial charge is 0.256 e. The Morgan fingerprint density at radius 1 is 1.20 bits per heavy atom. The summed E-state index contributed by atoms with van der Waals surface area (Å²) in [5.41, 5.74) is 5.66. The molecule has 2 heterocycles. The first-order chi connectivity index (χ1) is 12.1. The monoisotopic (exact) mass is 349 g/mol. The third-order valence-electron chi connectivity index (χ3n) is 4.90. The van der Waals surface area contributed by atoms with Gasteiger partial charge >= 0.3 is 0 Å². The van der Waals surface area contributed by atoms with Crippen molar-refractivity contribution in [1.82, 2.24) is 10.2 Å². The Kier molecular flexibility index (Phi) is 5.65. The lowest BCUT2D eigenvalue weighted by atomic mass is 10.0. The molecule has 0 bridgehead atoms. The average molecular weight is 349 g/mol. The Labute approximate surface area is 146 Å². The van der Waals surface area contributed by atoms with E-state index in [1.54, 1.807) is 17.0 Å².